The zero-order chi connectivity index (χ0) is 11.5. The highest BCUT2D eigenvalue weighted by Crippen LogP contribution is 2.27. The van der Waals surface area contributed by atoms with Crippen LogP contribution in [0.2, 0.25) is 0 Å². The predicted molar refractivity (Wildman–Crippen MR) is 55.7 cm³/mol. The van der Waals surface area contributed by atoms with Crippen LogP contribution in [0.5, 0.6) is 0 Å². The topological polar surface area (TPSA) is 3.24 Å². The van der Waals surface area contributed by atoms with Gasteiger partial charge < -0.3 is 4.90 Å². The molecule has 0 N–H and O–H groups in total. The molecule has 0 aliphatic carbocycles. The molecule has 0 amide bonds. The van der Waals surface area contributed by atoms with Gasteiger partial charge in [-0.25, -0.2) is 0 Å². The number of rotatable bonds is 4. The van der Waals surface area contributed by atoms with E-state index in [2.05, 4.69) is 15.9 Å². The molecular weight excluding hydrogens is 259 g/mol. The van der Waals surface area contributed by atoms with Crippen molar-refractivity contribution in [2.45, 2.75) is 37.8 Å². The van der Waals surface area contributed by atoms with Gasteiger partial charge in [0.1, 0.15) is 4.83 Å². The van der Waals surface area contributed by atoms with E-state index in [1.54, 1.807) is 11.9 Å². The van der Waals surface area contributed by atoms with Crippen LogP contribution in [0.15, 0.2) is 0 Å². The quantitative estimate of drug-likeness (QED) is 0.712. The lowest BCUT2D eigenvalue weighted by molar-refractivity contribution is -0.131. The van der Waals surface area contributed by atoms with E-state index in [-0.39, 0.29) is 12.6 Å². The third-order valence-electron chi connectivity index (χ3n) is 2.46. The van der Waals surface area contributed by atoms with Crippen molar-refractivity contribution in [3.63, 3.8) is 0 Å². The van der Waals surface area contributed by atoms with E-state index in [1.807, 2.05) is 20.8 Å². The molecule has 0 saturated heterocycles. The van der Waals surface area contributed by atoms with Gasteiger partial charge in [0, 0.05) is 12.6 Å². The van der Waals surface area contributed by atoms with Crippen molar-refractivity contribution in [2.24, 2.45) is 5.92 Å². The minimum absolute atomic E-state index is 0.0111. The first-order valence-corrected chi connectivity index (χ1v) is 5.48. The van der Waals surface area contributed by atoms with Crippen molar-refractivity contribution in [1.29, 1.82) is 0 Å². The number of hydrogen-bond donors (Lipinski definition) is 0. The number of alkyl halides is 4. The second-order valence-corrected chi connectivity index (χ2v) is 5.04. The van der Waals surface area contributed by atoms with Crippen LogP contribution >= 0.6 is 15.9 Å². The summed E-state index contributed by atoms with van der Waals surface area (Å²) in [5, 5.41) is 0. The third kappa shape index (κ3) is 4.64. The van der Waals surface area contributed by atoms with Gasteiger partial charge in [-0.15, -0.1) is 0 Å². The molecule has 0 spiro atoms. The zero-order valence-corrected chi connectivity index (χ0v) is 10.5. The fourth-order valence-electron chi connectivity index (χ4n) is 1.03. The summed E-state index contributed by atoms with van der Waals surface area (Å²) in [5.41, 5.74) is 0. The van der Waals surface area contributed by atoms with Crippen molar-refractivity contribution >= 4 is 15.9 Å². The highest BCUT2D eigenvalue weighted by molar-refractivity contribution is 9.09. The summed E-state index contributed by atoms with van der Waals surface area (Å²) < 4.78 is 36.6. The molecule has 5 heteroatoms. The molecule has 0 aromatic carbocycles. The first kappa shape index (κ1) is 14.2. The Morgan fingerprint density at radius 2 is 1.64 bits per heavy atom. The average molecular weight is 276 g/mol. The molecule has 2 unspecified atom stereocenters. The van der Waals surface area contributed by atoms with Crippen LogP contribution in [0.3, 0.4) is 0 Å². The molecule has 86 valence electrons. The van der Waals surface area contributed by atoms with Crippen molar-refractivity contribution in [3.05, 3.63) is 0 Å². The van der Waals surface area contributed by atoms with Gasteiger partial charge in [-0.1, -0.05) is 29.8 Å². The summed E-state index contributed by atoms with van der Waals surface area (Å²) in [6.07, 6.45) is -4.16. The molecule has 14 heavy (non-hydrogen) atoms. The van der Waals surface area contributed by atoms with E-state index in [1.165, 1.54) is 0 Å². The molecule has 0 bridgehead atoms. The van der Waals surface area contributed by atoms with Crippen molar-refractivity contribution < 1.29 is 13.2 Å². The Balaban J connectivity index is 4.12. The van der Waals surface area contributed by atoms with Crippen LogP contribution in [0.4, 0.5) is 13.2 Å². The Morgan fingerprint density at radius 1 is 1.21 bits per heavy atom. The van der Waals surface area contributed by atoms with Gasteiger partial charge in [0.2, 0.25) is 0 Å². The Hall–Kier alpha value is 0.230. The summed E-state index contributed by atoms with van der Waals surface area (Å²) in [6.45, 7) is 5.92. The van der Waals surface area contributed by atoms with E-state index >= 15 is 0 Å². The standard InChI is InChI=1S/C9H17BrF3N/c1-6(2)7(3)14(4)5-8(10)9(11,12)13/h6-8H,5H2,1-4H3. The molecule has 0 radical (unpaired) electrons. The largest absolute Gasteiger partial charge is 0.402 e. The van der Waals surface area contributed by atoms with Crippen LogP contribution < -0.4 is 0 Å². The third-order valence-corrected chi connectivity index (χ3v) is 3.27. The first-order chi connectivity index (χ1) is 6.16. The van der Waals surface area contributed by atoms with E-state index in [0.717, 1.165) is 0 Å². The maximum absolute atomic E-state index is 12.2. The molecule has 0 aromatic rings. The lowest BCUT2D eigenvalue weighted by atomic mass is 10.1. The monoisotopic (exact) mass is 275 g/mol. The molecule has 2 atom stereocenters. The van der Waals surface area contributed by atoms with Crippen LogP contribution in [0.25, 0.3) is 0 Å². The average Bonchev–Trinajstić information content (AvgIpc) is 2.00. The fourth-order valence-corrected chi connectivity index (χ4v) is 1.49. The summed E-state index contributed by atoms with van der Waals surface area (Å²) >= 11 is 2.65. The maximum atomic E-state index is 12.2. The summed E-state index contributed by atoms with van der Waals surface area (Å²) in [5.74, 6) is 0.355. The van der Waals surface area contributed by atoms with Crippen LogP contribution in [-0.2, 0) is 0 Å². The molecule has 0 saturated carbocycles. The molecule has 0 rings (SSSR count). The SMILES string of the molecule is CC(C)C(C)N(C)CC(Br)C(F)(F)F. The molecule has 0 aliphatic rings. The minimum Gasteiger partial charge on any atom is -0.302 e. The van der Waals surface area contributed by atoms with Crippen LogP contribution in [0, 0.1) is 5.92 Å². The van der Waals surface area contributed by atoms with E-state index in [0.29, 0.717) is 5.92 Å². The van der Waals surface area contributed by atoms with Gasteiger partial charge in [0.05, 0.1) is 0 Å². The second kappa shape index (κ2) is 5.35. The van der Waals surface area contributed by atoms with E-state index < -0.39 is 11.0 Å². The highest BCUT2D eigenvalue weighted by Gasteiger charge is 2.38. The Kier molecular flexibility index (Phi) is 5.44. The maximum Gasteiger partial charge on any atom is 0.402 e. The zero-order valence-electron chi connectivity index (χ0n) is 8.90. The van der Waals surface area contributed by atoms with Gasteiger partial charge >= 0.3 is 6.18 Å². The summed E-state index contributed by atoms with van der Waals surface area (Å²) in [7, 11) is 1.71. The molecule has 1 nitrogen and oxygen atoms in total. The summed E-state index contributed by atoms with van der Waals surface area (Å²) in [4.78, 5) is 0.276. The Bertz CT molecular complexity index is 170. The minimum atomic E-state index is -4.16. The molecule has 0 aromatic heterocycles. The second-order valence-electron chi connectivity index (χ2n) is 3.93. The van der Waals surface area contributed by atoms with Crippen LogP contribution in [0.1, 0.15) is 20.8 Å². The lowest BCUT2D eigenvalue weighted by Crippen LogP contribution is -2.41. The van der Waals surface area contributed by atoms with E-state index in [9.17, 15) is 13.2 Å². The Morgan fingerprint density at radius 3 is 1.93 bits per heavy atom. The number of halogens is 4. The van der Waals surface area contributed by atoms with Gasteiger partial charge in [0.15, 0.2) is 0 Å². The van der Waals surface area contributed by atoms with E-state index in [4.69, 9.17) is 0 Å². The van der Waals surface area contributed by atoms with Crippen LogP contribution in [-0.4, -0.2) is 35.5 Å². The van der Waals surface area contributed by atoms with Crippen molar-refractivity contribution in [2.75, 3.05) is 13.6 Å². The van der Waals surface area contributed by atoms with Gasteiger partial charge in [0.25, 0.3) is 0 Å². The molecule has 0 fully saturated rings. The van der Waals surface area contributed by atoms with Gasteiger partial charge in [-0.05, 0) is 19.9 Å². The Labute approximate surface area is 91.8 Å². The normalized spacial score (nSPS) is 17.6. The lowest BCUT2D eigenvalue weighted by Gasteiger charge is -2.30. The molecule has 0 aliphatic heterocycles. The van der Waals surface area contributed by atoms with Crippen molar-refractivity contribution in [3.8, 4) is 0 Å². The smallest absolute Gasteiger partial charge is 0.302 e. The number of nitrogens with zero attached hydrogens (tertiary/aromatic N) is 1. The van der Waals surface area contributed by atoms with Gasteiger partial charge in [-0.3, -0.25) is 0 Å². The molecular formula is C9H17BrF3N. The number of hydrogen-bond acceptors (Lipinski definition) is 1. The van der Waals surface area contributed by atoms with Crippen molar-refractivity contribution in [1.82, 2.24) is 4.90 Å². The van der Waals surface area contributed by atoms with Gasteiger partial charge in [-0.2, -0.15) is 13.2 Å². The highest BCUT2D eigenvalue weighted by atomic mass is 79.9. The summed E-state index contributed by atoms with van der Waals surface area (Å²) in [6, 6.07) is 0.150. The molecule has 0 heterocycles. The predicted octanol–water partition coefficient (Wildman–Crippen LogP) is 3.29. The fraction of sp³-hybridized carbons (Fsp3) is 1.00. The first-order valence-electron chi connectivity index (χ1n) is 4.57.